The lowest BCUT2D eigenvalue weighted by atomic mass is 9.96. The third-order valence-electron chi connectivity index (χ3n) is 4.88. The number of carbonyl (C=O) groups is 2. The molecule has 0 spiro atoms. The minimum atomic E-state index is -0.0588. The zero-order chi connectivity index (χ0) is 17.2. The minimum absolute atomic E-state index is 0.0415. The second kappa shape index (κ2) is 10.5. The third-order valence-corrected chi connectivity index (χ3v) is 4.88. The molecular formula is C17H32N4O3. The van der Waals surface area contributed by atoms with Gasteiger partial charge in [-0.05, 0) is 51.7 Å². The van der Waals surface area contributed by atoms with E-state index in [-0.39, 0.29) is 17.9 Å². The summed E-state index contributed by atoms with van der Waals surface area (Å²) in [6.07, 6.45) is 5.13. The highest BCUT2D eigenvalue weighted by Crippen LogP contribution is 2.17. The van der Waals surface area contributed by atoms with Crippen molar-refractivity contribution in [1.29, 1.82) is 0 Å². The lowest BCUT2D eigenvalue weighted by molar-refractivity contribution is -0.126. The first kappa shape index (κ1) is 19.0. The maximum Gasteiger partial charge on any atom is 0.317 e. The van der Waals surface area contributed by atoms with E-state index in [1.807, 2.05) is 0 Å². The maximum atomic E-state index is 12.2. The molecule has 2 aliphatic rings. The summed E-state index contributed by atoms with van der Waals surface area (Å²) in [6.45, 7) is 6.58. The van der Waals surface area contributed by atoms with Crippen LogP contribution in [0.2, 0.25) is 0 Å². The average molecular weight is 340 g/mol. The van der Waals surface area contributed by atoms with Gasteiger partial charge in [-0.1, -0.05) is 0 Å². The molecule has 2 heterocycles. The highest BCUT2D eigenvalue weighted by atomic mass is 16.5. The van der Waals surface area contributed by atoms with Crippen molar-refractivity contribution in [1.82, 2.24) is 20.4 Å². The van der Waals surface area contributed by atoms with Gasteiger partial charge in [0.05, 0.1) is 6.61 Å². The van der Waals surface area contributed by atoms with E-state index in [9.17, 15) is 9.59 Å². The quantitative estimate of drug-likeness (QED) is 0.637. The molecule has 0 aromatic heterocycles. The molecule has 7 nitrogen and oxygen atoms in total. The predicted octanol–water partition coefficient (Wildman–Crippen LogP) is 0.657. The lowest BCUT2D eigenvalue weighted by Crippen LogP contribution is -2.47. The fraction of sp³-hybridized carbons (Fsp3) is 0.882. The number of urea groups is 1. The van der Waals surface area contributed by atoms with Crippen LogP contribution in [-0.2, 0) is 9.53 Å². The SMILES string of the molecule is COCCNC(=O)N1CCC(C(=O)NCCCN2CCCC2)CC1. The summed E-state index contributed by atoms with van der Waals surface area (Å²) in [5.74, 6) is 0.190. The van der Waals surface area contributed by atoms with Crippen molar-refractivity contribution in [2.24, 2.45) is 5.92 Å². The van der Waals surface area contributed by atoms with Gasteiger partial charge in [0.25, 0.3) is 0 Å². The highest BCUT2D eigenvalue weighted by Gasteiger charge is 2.26. The molecule has 24 heavy (non-hydrogen) atoms. The second-order valence-electron chi connectivity index (χ2n) is 6.68. The molecule has 0 saturated carbocycles. The number of carbonyl (C=O) groups excluding carboxylic acids is 2. The fourth-order valence-corrected chi connectivity index (χ4v) is 3.38. The average Bonchev–Trinajstić information content (AvgIpc) is 3.12. The first-order valence-electron chi connectivity index (χ1n) is 9.22. The molecule has 0 unspecified atom stereocenters. The largest absolute Gasteiger partial charge is 0.383 e. The van der Waals surface area contributed by atoms with E-state index in [0.717, 1.165) is 32.4 Å². The molecule has 2 aliphatic heterocycles. The van der Waals surface area contributed by atoms with Crippen molar-refractivity contribution in [3.63, 3.8) is 0 Å². The van der Waals surface area contributed by atoms with Crippen LogP contribution in [0.5, 0.6) is 0 Å². The number of nitrogens with zero attached hydrogens (tertiary/aromatic N) is 2. The van der Waals surface area contributed by atoms with E-state index >= 15 is 0 Å². The van der Waals surface area contributed by atoms with Crippen molar-refractivity contribution in [3.05, 3.63) is 0 Å². The number of piperidine rings is 1. The lowest BCUT2D eigenvalue weighted by Gasteiger charge is -2.31. The van der Waals surface area contributed by atoms with Gasteiger partial charge >= 0.3 is 6.03 Å². The van der Waals surface area contributed by atoms with E-state index in [0.29, 0.717) is 26.2 Å². The summed E-state index contributed by atoms with van der Waals surface area (Å²) >= 11 is 0. The van der Waals surface area contributed by atoms with Gasteiger partial charge in [0.15, 0.2) is 0 Å². The van der Waals surface area contributed by atoms with Crippen molar-refractivity contribution in [3.8, 4) is 0 Å². The van der Waals surface area contributed by atoms with Crippen molar-refractivity contribution < 1.29 is 14.3 Å². The molecule has 0 atom stereocenters. The Morgan fingerprint density at radius 3 is 2.42 bits per heavy atom. The van der Waals surface area contributed by atoms with Crippen LogP contribution in [0.3, 0.4) is 0 Å². The van der Waals surface area contributed by atoms with Crippen LogP contribution in [0, 0.1) is 5.92 Å². The Balaban J connectivity index is 1.55. The van der Waals surface area contributed by atoms with Crippen LogP contribution in [-0.4, -0.2) is 81.3 Å². The molecule has 2 saturated heterocycles. The van der Waals surface area contributed by atoms with Gasteiger partial charge in [0.2, 0.25) is 5.91 Å². The molecule has 2 fully saturated rings. The third kappa shape index (κ3) is 6.28. The Labute approximate surface area is 145 Å². The smallest absolute Gasteiger partial charge is 0.317 e. The first-order valence-corrected chi connectivity index (χ1v) is 9.22. The number of rotatable bonds is 8. The molecule has 0 aromatic rings. The summed E-state index contributed by atoms with van der Waals surface area (Å²) in [6, 6.07) is -0.0588. The summed E-state index contributed by atoms with van der Waals surface area (Å²) in [5.41, 5.74) is 0. The van der Waals surface area contributed by atoms with Crippen LogP contribution in [0.1, 0.15) is 32.1 Å². The van der Waals surface area contributed by atoms with Crippen molar-refractivity contribution in [2.75, 3.05) is 59.5 Å². The Bertz CT molecular complexity index is 391. The first-order chi connectivity index (χ1) is 11.7. The number of ether oxygens (including phenoxy) is 1. The van der Waals surface area contributed by atoms with Crippen LogP contribution >= 0.6 is 0 Å². The maximum absolute atomic E-state index is 12.2. The van der Waals surface area contributed by atoms with Crippen molar-refractivity contribution >= 4 is 11.9 Å². The van der Waals surface area contributed by atoms with Crippen LogP contribution in [0.25, 0.3) is 0 Å². The molecule has 2 N–H and O–H groups in total. The van der Waals surface area contributed by atoms with E-state index in [4.69, 9.17) is 4.74 Å². The van der Waals surface area contributed by atoms with E-state index < -0.39 is 0 Å². The van der Waals surface area contributed by atoms with Gasteiger partial charge in [0.1, 0.15) is 0 Å². The number of nitrogens with one attached hydrogen (secondary N) is 2. The molecule has 0 bridgehead atoms. The summed E-state index contributed by atoms with van der Waals surface area (Å²) in [7, 11) is 1.61. The predicted molar refractivity (Wildman–Crippen MR) is 92.9 cm³/mol. The highest BCUT2D eigenvalue weighted by molar-refractivity contribution is 5.79. The molecular weight excluding hydrogens is 308 g/mol. The van der Waals surface area contributed by atoms with E-state index in [2.05, 4.69) is 15.5 Å². The molecule has 0 aliphatic carbocycles. The molecule has 0 aromatic carbocycles. The van der Waals surface area contributed by atoms with Crippen molar-refractivity contribution in [2.45, 2.75) is 32.1 Å². The van der Waals surface area contributed by atoms with E-state index in [1.165, 1.54) is 25.9 Å². The Kier molecular flexibility index (Phi) is 8.32. The number of hydrogen-bond donors (Lipinski definition) is 2. The Morgan fingerprint density at radius 1 is 1.04 bits per heavy atom. The second-order valence-corrected chi connectivity index (χ2v) is 6.68. The van der Waals surface area contributed by atoms with Gasteiger partial charge < -0.3 is 25.2 Å². The number of amides is 3. The standard InChI is InChI=1S/C17H32N4O3/c1-24-14-8-19-17(23)21-12-5-15(6-13-21)16(22)18-7-4-11-20-9-2-3-10-20/h15H,2-14H2,1H3,(H,18,22)(H,19,23). The zero-order valence-corrected chi connectivity index (χ0v) is 14.9. The van der Waals surface area contributed by atoms with Gasteiger partial charge in [-0.15, -0.1) is 0 Å². The van der Waals surface area contributed by atoms with Crippen LogP contribution in [0.15, 0.2) is 0 Å². The molecule has 3 amide bonds. The molecule has 138 valence electrons. The normalized spacial score (nSPS) is 19.5. The minimum Gasteiger partial charge on any atom is -0.383 e. The zero-order valence-electron chi connectivity index (χ0n) is 14.9. The van der Waals surface area contributed by atoms with Crippen LogP contribution in [0.4, 0.5) is 4.79 Å². The summed E-state index contributed by atoms with van der Waals surface area (Å²) < 4.78 is 4.92. The topological polar surface area (TPSA) is 73.9 Å². The van der Waals surface area contributed by atoms with Gasteiger partial charge in [-0.25, -0.2) is 4.79 Å². The van der Waals surface area contributed by atoms with Gasteiger partial charge in [0, 0.05) is 39.2 Å². The summed E-state index contributed by atoms with van der Waals surface area (Å²) in [5, 5.41) is 5.88. The number of methoxy groups -OCH3 is 1. The van der Waals surface area contributed by atoms with Crippen LogP contribution < -0.4 is 10.6 Å². The number of likely N-dealkylation sites (tertiary alicyclic amines) is 2. The number of hydrogen-bond acceptors (Lipinski definition) is 4. The molecule has 7 heteroatoms. The molecule has 2 rings (SSSR count). The van der Waals surface area contributed by atoms with Gasteiger partial charge in [-0.2, -0.15) is 0 Å². The van der Waals surface area contributed by atoms with Gasteiger partial charge in [-0.3, -0.25) is 4.79 Å². The summed E-state index contributed by atoms with van der Waals surface area (Å²) in [4.78, 5) is 28.4. The monoisotopic (exact) mass is 340 g/mol. The van der Waals surface area contributed by atoms with E-state index in [1.54, 1.807) is 12.0 Å². The Morgan fingerprint density at radius 2 is 1.75 bits per heavy atom. The molecule has 0 radical (unpaired) electrons. The fourth-order valence-electron chi connectivity index (χ4n) is 3.38. The Hall–Kier alpha value is -1.34.